The van der Waals surface area contributed by atoms with Crippen LogP contribution in [0, 0.1) is 56.2 Å². The van der Waals surface area contributed by atoms with E-state index in [0.717, 1.165) is 50.5 Å². The third-order valence-electron chi connectivity index (χ3n) is 12.9. The van der Waals surface area contributed by atoms with Crippen molar-refractivity contribution < 1.29 is 14.0 Å². The average molecular weight is 531 g/mol. The standard InChI is InChI=1S/C33H42N2O4/c1-28(2)10-12-33(35-14-15-39-27(35)38)13-11-32(7)25(21(33)18-28)22(36)16-24-30(5)17-20(19-34)26(37)29(3,4)23(30)8-9-31(24,32)6/h14-17,21,23,25H,8-13,18H2,1-7H3/t21?,23?,25-,30-,31+,32+,33-/m0/s1. The molecule has 5 aliphatic carbocycles. The second-order valence-corrected chi connectivity index (χ2v) is 15.4. The second kappa shape index (κ2) is 7.74. The Morgan fingerprint density at radius 3 is 2.31 bits per heavy atom. The van der Waals surface area contributed by atoms with Gasteiger partial charge in [0.1, 0.15) is 12.3 Å². The molecule has 0 aliphatic heterocycles. The van der Waals surface area contributed by atoms with Gasteiger partial charge in [-0.15, -0.1) is 0 Å². The van der Waals surface area contributed by atoms with Gasteiger partial charge in [0.2, 0.25) is 0 Å². The number of aromatic nitrogens is 1. The van der Waals surface area contributed by atoms with E-state index < -0.39 is 16.4 Å². The van der Waals surface area contributed by atoms with Gasteiger partial charge < -0.3 is 4.42 Å². The van der Waals surface area contributed by atoms with Gasteiger partial charge in [0.05, 0.1) is 11.1 Å². The van der Waals surface area contributed by atoms with Crippen LogP contribution in [0.3, 0.4) is 0 Å². The maximum absolute atomic E-state index is 14.5. The van der Waals surface area contributed by atoms with E-state index in [0.29, 0.717) is 0 Å². The van der Waals surface area contributed by atoms with Crippen molar-refractivity contribution in [1.29, 1.82) is 5.26 Å². The Kier molecular flexibility index (Phi) is 5.27. The number of hydrogen-bond acceptors (Lipinski definition) is 5. The summed E-state index contributed by atoms with van der Waals surface area (Å²) >= 11 is 0. The summed E-state index contributed by atoms with van der Waals surface area (Å²) in [5, 5.41) is 9.91. The fourth-order valence-electron chi connectivity index (χ4n) is 10.6. The Morgan fingerprint density at radius 1 is 0.974 bits per heavy atom. The van der Waals surface area contributed by atoms with Crippen molar-refractivity contribution in [3.63, 3.8) is 0 Å². The van der Waals surface area contributed by atoms with Crippen LogP contribution in [0.4, 0.5) is 0 Å². The van der Waals surface area contributed by atoms with Gasteiger partial charge in [-0.2, -0.15) is 5.26 Å². The van der Waals surface area contributed by atoms with Gasteiger partial charge in [-0.25, -0.2) is 4.79 Å². The predicted molar refractivity (Wildman–Crippen MR) is 147 cm³/mol. The third-order valence-corrected chi connectivity index (χ3v) is 12.9. The average Bonchev–Trinajstić information content (AvgIpc) is 3.29. The fourth-order valence-corrected chi connectivity index (χ4v) is 10.6. The molecule has 1 aromatic heterocycles. The van der Waals surface area contributed by atoms with E-state index in [4.69, 9.17) is 4.42 Å². The molecule has 208 valence electrons. The highest BCUT2D eigenvalue weighted by molar-refractivity contribution is 6.04. The van der Waals surface area contributed by atoms with Crippen LogP contribution in [-0.2, 0) is 15.1 Å². The minimum atomic E-state index is -0.672. The number of hydrogen-bond donors (Lipinski definition) is 0. The summed E-state index contributed by atoms with van der Waals surface area (Å²) < 4.78 is 7.09. The second-order valence-electron chi connectivity index (χ2n) is 15.4. The molecule has 0 bridgehead atoms. The summed E-state index contributed by atoms with van der Waals surface area (Å²) in [6.07, 6.45) is 13.3. The molecule has 6 rings (SSSR count). The van der Waals surface area contributed by atoms with Crippen LogP contribution in [0.2, 0.25) is 0 Å². The number of fused-ring (bicyclic) bond motifs is 7. The van der Waals surface area contributed by atoms with E-state index in [-0.39, 0.29) is 56.9 Å². The maximum Gasteiger partial charge on any atom is 0.419 e. The summed E-state index contributed by atoms with van der Waals surface area (Å²) in [5.41, 5.74) is -0.799. The monoisotopic (exact) mass is 530 g/mol. The lowest BCUT2D eigenvalue weighted by Crippen LogP contribution is -2.67. The van der Waals surface area contributed by atoms with Crippen molar-refractivity contribution in [1.82, 2.24) is 4.57 Å². The number of Topliss-reactive ketones (excluding diaryl/α,β-unsaturated/α-hetero) is 1. The molecule has 2 unspecified atom stereocenters. The molecule has 0 N–H and O–H groups in total. The van der Waals surface area contributed by atoms with E-state index in [1.54, 1.807) is 6.20 Å². The van der Waals surface area contributed by atoms with Crippen LogP contribution in [0.25, 0.3) is 0 Å². The maximum atomic E-state index is 14.5. The predicted octanol–water partition coefficient (Wildman–Crippen LogP) is 6.37. The highest BCUT2D eigenvalue weighted by Crippen LogP contribution is 2.74. The highest BCUT2D eigenvalue weighted by atomic mass is 16.4. The molecule has 3 fully saturated rings. The molecule has 7 atom stereocenters. The van der Waals surface area contributed by atoms with Gasteiger partial charge in [-0.1, -0.05) is 60.1 Å². The number of allylic oxidation sites excluding steroid dienone is 4. The Labute approximate surface area is 231 Å². The SMILES string of the molecule is CC1(C)CC[C@]2(n3ccoc3=O)CC[C@]3(C)[C@H](C(=O)C=C4[C@@]5(C)C=C(C#N)C(=O)C(C)(C)C5CC[C@]43C)C2C1. The molecule has 3 saturated carbocycles. The zero-order chi connectivity index (χ0) is 28.4. The Bertz CT molecular complexity index is 1450. The van der Waals surface area contributed by atoms with Crippen LogP contribution in [0.5, 0.6) is 0 Å². The molecular formula is C33H42N2O4. The van der Waals surface area contributed by atoms with Gasteiger partial charge in [-0.05, 0) is 79.1 Å². The molecular weight excluding hydrogens is 488 g/mol. The number of nitriles is 1. The minimum absolute atomic E-state index is 0.0255. The van der Waals surface area contributed by atoms with Crippen molar-refractivity contribution >= 4 is 11.6 Å². The van der Waals surface area contributed by atoms with E-state index in [1.807, 2.05) is 30.6 Å². The van der Waals surface area contributed by atoms with E-state index in [9.17, 15) is 19.6 Å². The molecule has 5 aliphatic rings. The van der Waals surface area contributed by atoms with E-state index in [1.165, 1.54) is 6.26 Å². The Hall–Kier alpha value is -2.68. The lowest BCUT2D eigenvalue weighted by atomic mass is 9.35. The number of nitrogens with zero attached hydrogens (tertiary/aromatic N) is 2. The Balaban J connectivity index is 1.55. The number of carbonyl (C=O) groups excluding carboxylic acids is 2. The molecule has 0 saturated heterocycles. The molecule has 39 heavy (non-hydrogen) atoms. The lowest BCUT2D eigenvalue weighted by Gasteiger charge is -2.69. The van der Waals surface area contributed by atoms with Gasteiger partial charge in [0.25, 0.3) is 0 Å². The highest BCUT2D eigenvalue weighted by Gasteiger charge is 2.70. The van der Waals surface area contributed by atoms with Crippen LogP contribution < -0.4 is 5.76 Å². The number of oxazole rings is 1. The zero-order valence-corrected chi connectivity index (χ0v) is 24.5. The molecule has 6 heteroatoms. The number of rotatable bonds is 1. The summed E-state index contributed by atoms with van der Waals surface area (Å²) in [4.78, 5) is 40.7. The zero-order valence-electron chi connectivity index (χ0n) is 24.5. The quantitative estimate of drug-likeness (QED) is 0.421. The van der Waals surface area contributed by atoms with Crippen molar-refractivity contribution in [2.24, 2.45) is 44.8 Å². The summed E-state index contributed by atoms with van der Waals surface area (Å²) in [7, 11) is 0. The van der Waals surface area contributed by atoms with Gasteiger partial charge in [0.15, 0.2) is 11.6 Å². The number of ketones is 2. The van der Waals surface area contributed by atoms with Crippen LogP contribution in [0.15, 0.2) is 45.0 Å². The third kappa shape index (κ3) is 3.11. The van der Waals surface area contributed by atoms with E-state index >= 15 is 0 Å². The normalized spacial score (nSPS) is 44.1. The fraction of sp³-hybridized carbons (Fsp3) is 0.697. The first-order valence-corrected chi connectivity index (χ1v) is 14.7. The van der Waals surface area contributed by atoms with E-state index in [2.05, 4.69) is 40.7 Å². The largest absolute Gasteiger partial charge is 0.419 e. The Morgan fingerprint density at radius 2 is 1.67 bits per heavy atom. The first-order valence-electron chi connectivity index (χ1n) is 14.7. The summed E-state index contributed by atoms with van der Waals surface area (Å²) in [6, 6.07) is 2.18. The van der Waals surface area contributed by atoms with Gasteiger partial charge >= 0.3 is 5.76 Å². The molecule has 1 heterocycles. The van der Waals surface area contributed by atoms with Crippen LogP contribution in [0.1, 0.15) is 93.4 Å². The topological polar surface area (TPSA) is 93.1 Å². The van der Waals surface area contributed by atoms with Crippen molar-refractivity contribution in [3.8, 4) is 6.07 Å². The van der Waals surface area contributed by atoms with Crippen molar-refractivity contribution in [2.75, 3.05) is 0 Å². The minimum Gasteiger partial charge on any atom is -0.416 e. The molecule has 0 radical (unpaired) electrons. The van der Waals surface area contributed by atoms with Crippen LogP contribution >= 0.6 is 0 Å². The molecule has 0 aromatic carbocycles. The van der Waals surface area contributed by atoms with Gasteiger partial charge in [-0.3, -0.25) is 14.2 Å². The summed E-state index contributed by atoms with van der Waals surface area (Å²) in [6.45, 7) is 15.4. The van der Waals surface area contributed by atoms with Gasteiger partial charge in [0, 0.05) is 22.9 Å². The van der Waals surface area contributed by atoms with Crippen molar-refractivity contribution in [3.05, 3.63) is 46.3 Å². The first-order chi connectivity index (χ1) is 18.1. The van der Waals surface area contributed by atoms with Crippen molar-refractivity contribution in [2.45, 2.75) is 99.0 Å². The van der Waals surface area contributed by atoms with Crippen LogP contribution in [-0.4, -0.2) is 16.1 Å². The first kappa shape index (κ1) is 26.5. The molecule has 6 nitrogen and oxygen atoms in total. The smallest absolute Gasteiger partial charge is 0.416 e. The molecule has 0 spiro atoms. The molecule has 1 aromatic rings. The summed E-state index contributed by atoms with van der Waals surface area (Å²) in [5.74, 6) is -0.415. The lowest BCUT2D eigenvalue weighted by molar-refractivity contribution is -0.168. The molecule has 0 amide bonds. The number of carbonyl (C=O) groups is 2.